The van der Waals surface area contributed by atoms with Gasteiger partial charge in [0.05, 0.1) is 6.10 Å². The molecule has 3 rings (SSSR count). The summed E-state index contributed by atoms with van der Waals surface area (Å²) in [5.74, 6) is 4.55. The number of hydrogen-bond acceptors (Lipinski definition) is 1. The van der Waals surface area contributed by atoms with Crippen LogP contribution in [0.2, 0.25) is 0 Å². The van der Waals surface area contributed by atoms with Gasteiger partial charge in [0.25, 0.3) is 0 Å². The van der Waals surface area contributed by atoms with Gasteiger partial charge in [-0.2, -0.15) is 0 Å². The Bertz CT molecular complexity index is 239. The summed E-state index contributed by atoms with van der Waals surface area (Å²) in [4.78, 5) is 0. The highest BCUT2D eigenvalue weighted by atomic mass is 16.3. The number of hydrogen-bond donors (Lipinski definition) is 1. The number of rotatable bonds is 1. The van der Waals surface area contributed by atoms with E-state index in [1.165, 1.54) is 51.4 Å². The Kier molecular flexibility index (Phi) is 2.99. The lowest BCUT2D eigenvalue weighted by Gasteiger charge is -2.53. The third-order valence-corrected chi connectivity index (χ3v) is 5.89. The van der Waals surface area contributed by atoms with Crippen molar-refractivity contribution in [1.29, 1.82) is 0 Å². The molecule has 6 atom stereocenters. The fraction of sp³-hybridized carbons (Fsp3) is 1.00. The number of aliphatic hydroxyl groups excluding tert-OH is 1. The van der Waals surface area contributed by atoms with Crippen LogP contribution >= 0.6 is 0 Å². The van der Waals surface area contributed by atoms with E-state index in [0.717, 1.165) is 23.7 Å². The van der Waals surface area contributed by atoms with Gasteiger partial charge in [-0.25, -0.2) is 0 Å². The monoisotopic (exact) mass is 222 g/mol. The maximum Gasteiger partial charge on any atom is 0.0543 e. The van der Waals surface area contributed by atoms with E-state index in [4.69, 9.17) is 0 Å². The van der Waals surface area contributed by atoms with Gasteiger partial charge in [0, 0.05) is 0 Å². The second-order valence-corrected chi connectivity index (χ2v) is 6.60. The second kappa shape index (κ2) is 4.33. The van der Waals surface area contributed by atoms with Crippen LogP contribution in [0.15, 0.2) is 0 Å². The molecule has 0 aromatic carbocycles. The van der Waals surface area contributed by atoms with Gasteiger partial charge in [0.15, 0.2) is 0 Å². The Hall–Kier alpha value is -0.0400. The van der Waals surface area contributed by atoms with Crippen LogP contribution in [0.25, 0.3) is 0 Å². The summed E-state index contributed by atoms with van der Waals surface area (Å²) in [7, 11) is 0. The lowest BCUT2D eigenvalue weighted by molar-refractivity contribution is -0.0597. The van der Waals surface area contributed by atoms with Gasteiger partial charge in [0.2, 0.25) is 0 Å². The van der Waals surface area contributed by atoms with Gasteiger partial charge >= 0.3 is 0 Å². The van der Waals surface area contributed by atoms with Crippen molar-refractivity contribution in [1.82, 2.24) is 0 Å². The van der Waals surface area contributed by atoms with Crippen LogP contribution in [0.4, 0.5) is 0 Å². The average molecular weight is 222 g/mol. The van der Waals surface area contributed by atoms with Gasteiger partial charge in [0.1, 0.15) is 0 Å². The van der Waals surface area contributed by atoms with E-state index in [1.54, 1.807) is 0 Å². The van der Waals surface area contributed by atoms with Crippen molar-refractivity contribution < 1.29 is 5.11 Å². The fourth-order valence-corrected chi connectivity index (χ4v) is 5.31. The molecule has 92 valence electrons. The molecular formula is C15H26O. The molecule has 0 saturated heterocycles. The molecule has 0 heterocycles. The van der Waals surface area contributed by atoms with Crippen molar-refractivity contribution in [2.75, 3.05) is 0 Å². The average Bonchev–Trinajstić information content (AvgIpc) is 2.30. The maximum absolute atomic E-state index is 9.98. The Morgan fingerprint density at radius 2 is 1.50 bits per heavy atom. The van der Waals surface area contributed by atoms with E-state index in [-0.39, 0.29) is 6.10 Å². The zero-order valence-corrected chi connectivity index (χ0v) is 10.6. The molecule has 1 nitrogen and oxygen atoms in total. The van der Waals surface area contributed by atoms with Gasteiger partial charge in [-0.1, -0.05) is 32.1 Å². The minimum absolute atomic E-state index is 0.0633. The standard InChI is InChI=1S/C15H26O/c1-10(16)13-9-8-12-5-2-4-11-6-3-7-14(13)15(11)12/h10-16H,2-9H2,1H3. The molecule has 0 amide bonds. The minimum atomic E-state index is -0.0633. The Labute approximate surface area is 99.6 Å². The first-order valence-electron chi connectivity index (χ1n) is 7.45. The summed E-state index contributed by atoms with van der Waals surface area (Å²) in [6.07, 6.45) is 11.4. The van der Waals surface area contributed by atoms with Gasteiger partial charge in [-0.05, 0) is 55.8 Å². The van der Waals surface area contributed by atoms with Gasteiger partial charge in [-0.15, -0.1) is 0 Å². The third-order valence-electron chi connectivity index (χ3n) is 5.89. The zero-order valence-electron chi connectivity index (χ0n) is 10.6. The van der Waals surface area contributed by atoms with Crippen LogP contribution in [0, 0.1) is 29.6 Å². The van der Waals surface area contributed by atoms with E-state index < -0.39 is 0 Å². The SMILES string of the molecule is CC(O)C1CCC2CCCC3CCCC1C32. The summed E-state index contributed by atoms with van der Waals surface area (Å²) >= 11 is 0. The molecule has 3 aliphatic rings. The van der Waals surface area contributed by atoms with Crippen molar-refractivity contribution in [2.24, 2.45) is 29.6 Å². The summed E-state index contributed by atoms with van der Waals surface area (Å²) < 4.78 is 0. The molecular weight excluding hydrogens is 196 g/mol. The highest BCUT2D eigenvalue weighted by Gasteiger charge is 2.47. The lowest BCUT2D eigenvalue weighted by atomic mass is 9.53. The molecule has 16 heavy (non-hydrogen) atoms. The molecule has 1 heteroatoms. The third kappa shape index (κ3) is 1.72. The summed E-state index contributed by atoms with van der Waals surface area (Å²) in [5.41, 5.74) is 0. The van der Waals surface area contributed by atoms with Crippen LogP contribution < -0.4 is 0 Å². The Balaban J connectivity index is 1.82. The highest BCUT2D eigenvalue weighted by molar-refractivity contribution is 4.96. The van der Waals surface area contributed by atoms with Crippen molar-refractivity contribution >= 4 is 0 Å². The molecule has 3 saturated carbocycles. The maximum atomic E-state index is 9.98. The highest BCUT2D eigenvalue weighted by Crippen LogP contribution is 2.55. The first kappa shape index (κ1) is 11.1. The van der Waals surface area contributed by atoms with Crippen LogP contribution in [-0.4, -0.2) is 11.2 Å². The molecule has 0 aromatic heterocycles. The van der Waals surface area contributed by atoms with Crippen molar-refractivity contribution in [3.05, 3.63) is 0 Å². The van der Waals surface area contributed by atoms with E-state index in [1.807, 2.05) is 6.92 Å². The molecule has 6 unspecified atom stereocenters. The molecule has 0 aliphatic heterocycles. The van der Waals surface area contributed by atoms with E-state index >= 15 is 0 Å². The summed E-state index contributed by atoms with van der Waals surface area (Å²) in [5, 5.41) is 9.98. The normalized spacial score (nSPS) is 49.5. The molecule has 0 aromatic rings. The van der Waals surface area contributed by atoms with E-state index in [9.17, 15) is 5.11 Å². The quantitative estimate of drug-likeness (QED) is 0.718. The Morgan fingerprint density at radius 3 is 2.19 bits per heavy atom. The largest absolute Gasteiger partial charge is 0.393 e. The minimum Gasteiger partial charge on any atom is -0.393 e. The molecule has 1 N–H and O–H groups in total. The van der Waals surface area contributed by atoms with E-state index in [0.29, 0.717) is 5.92 Å². The number of aliphatic hydroxyl groups is 1. The molecule has 0 spiro atoms. The lowest BCUT2D eigenvalue weighted by Crippen LogP contribution is -2.46. The molecule has 3 aliphatic carbocycles. The Morgan fingerprint density at radius 1 is 0.875 bits per heavy atom. The first-order chi connectivity index (χ1) is 7.77. The topological polar surface area (TPSA) is 20.2 Å². The van der Waals surface area contributed by atoms with Crippen LogP contribution in [0.3, 0.4) is 0 Å². The molecule has 0 bridgehead atoms. The predicted octanol–water partition coefficient (Wildman–Crippen LogP) is 3.61. The summed E-state index contributed by atoms with van der Waals surface area (Å²) in [6, 6.07) is 0. The summed E-state index contributed by atoms with van der Waals surface area (Å²) in [6.45, 7) is 2.03. The van der Waals surface area contributed by atoms with Crippen LogP contribution in [-0.2, 0) is 0 Å². The van der Waals surface area contributed by atoms with E-state index in [2.05, 4.69) is 0 Å². The van der Waals surface area contributed by atoms with Crippen molar-refractivity contribution in [2.45, 2.75) is 64.4 Å². The van der Waals surface area contributed by atoms with Crippen molar-refractivity contribution in [3.63, 3.8) is 0 Å². The van der Waals surface area contributed by atoms with Gasteiger partial charge < -0.3 is 5.11 Å². The van der Waals surface area contributed by atoms with Crippen LogP contribution in [0.5, 0.6) is 0 Å². The zero-order chi connectivity index (χ0) is 11.1. The first-order valence-corrected chi connectivity index (χ1v) is 7.45. The smallest absolute Gasteiger partial charge is 0.0543 e. The second-order valence-electron chi connectivity index (χ2n) is 6.60. The predicted molar refractivity (Wildman–Crippen MR) is 66.1 cm³/mol. The van der Waals surface area contributed by atoms with Gasteiger partial charge in [-0.3, -0.25) is 0 Å². The molecule has 0 radical (unpaired) electrons. The van der Waals surface area contributed by atoms with Crippen LogP contribution in [0.1, 0.15) is 58.3 Å². The fourth-order valence-electron chi connectivity index (χ4n) is 5.31. The molecule has 3 fully saturated rings. The van der Waals surface area contributed by atoms with Crippen molar-refractivity contribution in [3.8, 4) is 0 Å².